The Morgan fingerprint density at radius 3 is 2.67 bits per heavy atom. The summed E-state index contributed by atoms with van der Waals surface area (Å²) < 4.78 is 30.4. The Labute approximate surface area is 180 Å². The first kappa shape index (κ1) is 21.0. The van der Waals surface area contributed by atoms with Gasteiger partial charge in [-0.25, -0.2) is 8.42 Å². The van der Waals surface area contributed by atoms with E-state index in [-0.39, 0.29) is 17.3 Å². The van der Waals surface area contributed by atoms with Crippen molar-refractivity contribution in [2.75, 3.05) is 13.1 Å². The number of nitrogens with zero attached hydrogens (tertiary/aromatic N) is 3. The van der Waals surface area contributed by atoms with E-state index in [0.717, 1.165) is 16.6 Å². The number of amides is 1. The van der Waals surface area contributed by atoms with Crippen molar-refractivity contribution in [2.24, 2.45) is 18.0 Å². The summed E-state index contributed by atoms with van der Waals surface area (Å²) in [6.07, 6.45) is 2.21. The van der Waals surface area contributed by atoms with E-state index >= 15 is 0 Å². The fourth-order valence-corrected chi connectivity index (χ4v) is 6.58. The average molecular weight is 444 g/mol. The Balaban J connectivity index is 1.61. The molecular formula is C22H25N3O3S2. The highest BCUT2D eigenvalue weighted by molar-refractivity contribution is 7.89. The van der Waals surface area contributed by atoms with E-state index in [4.69, 9.17) is 0 Å². The first-order valence-electron chi connectivity index (χ1n) is 10.1. The van der Waals surface area contributed by atoms with Crippen LogP contribution < -0.4 is 4.80 Å². The van der Waals surface area contributed by atoms with Crippen molar-refractivity contribution in [3.8, 4) is 0 Å². The third-order valence-electron chi connectivity index (χ3n) is 5.61. The predicted octanol–water partition coefficient (Wildman–Crippen LogP) is 3.33. The molecular weight excluding hydrogens is 418 g/mol. The molecule has 1 aliphatic rings. The molecule has 8 heteroatoms. The zero-order valence-corrected chi connectivity index (χ0v) is 18.7. The van der Waals surface area contributed by atoms with Gasteiger partial charge in [0.05, 0.1) is 21.0 Å². The second-order valence-electron chi connectivity index (χ2n) is 7.53. The minimum Gasteiger partial charge on any atom is -0.319 e. The molecule has 30 heavy (non-hydrogen) atoms. The van der Waals surface area contributed by atoms with Crippen molar-refractivity contribution in [2.45, 2.75) is 31.1 Å². The van der Waals surface area contributed by atoms with Crippen LogP contribution in [0.3, 0.4) is 0 Å². The zero-order valence-electron chi connectivity index (χ0n) is 17.1. The van der Waals surface area contributed by atoms with Crippen molar-refractivity contribution < 1.29 is 13.2 Å². The number of fused-ring (bicyclic) bond motifs is 1. The van der Waals surface area contributed by atoms with E-state index in [1.165, 1.54) is 21.2 Å². The van der Waals surface area contributed by atoms with Crippen LogP contribution in [0.25, 0.3) is 10.2 Å². The smallest absolute Gasteiger partial charge is 0.252 e. The highest BCUT2D eigenvalue weighted by Gasteiger charge is 2.33. The quantitative estimate of drug-likeness (QED) is 0.621. The third-order valence-corrected chi connectivity index (χ3v) is 8.58. The average Bonchev–Trinajstić information content (AvgIpc) is 3.09. The Morgan fingerprint density at radius 1 is 1.17 bits per heavy atom. The molecule has 2 aromatic carbocycles. The summed E-state index contributed by atoms with van der Waals surface area (Å²) in [5.74, 6) is -0.670. The first-order chi connectivity index (χ1) is 14.4. The van der Waals surface area contributed by atoms with Gasteiger partial charge in [0.2, 0.25) is 10.0 Å². The maximum Gasteiger partial charge on any atom is 0.252 e. The summed E-state index contributed by atoms with van der Waals surface area (Å²) in [5.41, 5.74) is 2.33. The van der Waals surface area contributed by atoms with E-state index in [0.29, 0.717) is 24.2 Å². The zero-order chi connectivity index (χ0) is 21.3. The van der Waals surface area contributed by atoms with Crippen LogP contribution in [-0.4, -0.2) is 36.3 Å². The van der Waals surface area contributed by atoms with Gasteiger partial charge in [0, 0.05) is 20.1 Å². The molecule has 3 aromatic rings. The SMILES string of the molecule is CCc1cccc2sc(=NC(=O)C3CCCN(S(=O)(=O)c4ccccc4)C3)n(C)c12. The molecule has 158 valence electrons. The van der Waals surface area contributed by atoms with Gasteiger partial charge in [-0.2, -0.15) is 9.30 Å². The summed E-state index contributed by atoms with van der Waals surface area (Å²) in [4.78, 5) is 18.3. The molecule has 1 aliphatic heterocycles. The van der Waals surface area contributed by atoms with Crippen molar-refractivity contribution in [1.29, 1.82) is 0 Å². The van der Waals surface area contributed by atoms with Gasteiger partial charge < -0.3 is 4.57 Å². The van der Waals surface area contributed by atoms with Gasteiger partial charge in [0.15, 0.2) is 4.80 Å². The summed E-state index contributed by atoms with van der Waals surface area (Å²) in [6, 6.07) is 14.5. The molecule has 4 rings (SSSR count). The number of rotatable bonds is 4. The number of sulfonamides is 1. The van der Waals surface area contributed by atoms with E-state index in [1.807, 2.05) is 23.7 Å². The number of para-hydroxylation sites is 1. The minimum absolute atomic E-state index is 0.175. The summed E-state index contributed by atoms with van der Waals surface area (Å²) in [6.45, 7) is 2.71. The Kier molecular flexibility index (Phi) is 5.90. The lowest BCUT2D eigenvalue weighted by atomic mass is 9.99. The highest BCUT2D eigenvalue weighted by atomic mass is 32.2. The van der Waals surface area contributed by atoms with E-state index in [2.05, 4.69) is 18.0 Å². The minimum atomic E-state index is -3.60. The molecule has 1 unspecified atom stereocenters. The van der Waals surface area contributed by atoms with Crippen LogP contribution in [0.15, 0.2) is 58.4 Å². The third kappa shape index (κ3) is 3.87. The molecule has 1 aromatic heterocycles. The van der Waals surface area contributed by atoms with Gasteiger partial charge in [-0.05, 0) is 43.0 Å². The van der Waals surface area contributed by atoms with Gasteiger partial charge in [-0.1, -0.05) is 48.6 Å². The maximum absolute atomic E-state index is 13.0. The normalized spacial score (nSPS) is 18.7. The maximum atomic E-state index is 13.0. The summed E-state index contributed by atoms with van der Waals surface area (Å²) >= 11 is 1.49. The molecule has 0 radical (unpaired) electrons. The van der Waals surface area contributed by atoms with Crippen molar-refractivity contribution >= 4 is 37.5 Å². The van der Waals surface area contributed by atoms with Gasteiger partial charge in [0.25, 0.3) is 5.91 Å². The number of carbonyl (C=O) groups is 1. The molecule has 1 saturated heterocycles. The molecule has 0 bridgehead atoms. The molecule has 6 nitrogen and oxygen atoms in total. The van der Waals surface area contributed by atoms with Crippen molar-refractivity contribution in [3.63, 3.8) is 0 Å². The van der Waals surface area contributed by atoms with Gasteiger partial charge >= 0.3 is 0 Å². The van der Waals surface area contributed by atoms with Crippen LogP contribution in [0.5, 0.6) is 0 Å². The van der Waals surface area contributed by atoms with Crippen LogP contribution >= 0.6 is 11.3 Å². The molecule has 0 N–H and O–H groups in total. The predicted molar refractivity (Wildman–Crippen MR) is 119 cm³/mol. The van der Waals surface area contributed by atoms with Crippen LogP contribution in [-0.2, 0) is 28.3 Å². The summed E-state index contributed by atoms with van der Waals surface area (Å²) in [7, 11) is -1.67. The van der Waals surface area contributed by atoms with Gasteiger partial charge in [0.1, 0.15) is 0 Å². The fourth-order valence-electron chi connectivity index (χ4n) is 3.97. The largest absolute Gasteiger partial charge is 0.319 e. The molecule has 1 atom stereocenters. The molecule has 0 aliphatic carbocycles. The highest BCUT2D eigenvalue weighted by Crippen LogP contribution is 2.25. The molecule has 1 fully saturated rings. The van der Waals surface area contributed by atoms with Crippen LogP contribution in [0, 0.1) is 5.92 Å². The second kappa shape index (κ2) is 8.45. The lowest BCUT2D eigenvalue weighted by Gasteiger charge is -2.30. The lowest BCUT2D eigenvalue weighted by molar-refractivity contribution is -0.122. The Hall–Kier alpha value is -2.29. The number of thiazole rings is 1. The number of aromatic nitrogens is 1. The number of hydrogen-bond acceptors (Lipinski definition) is 4. The van der Waals surface area contributed by atoms with Crippen LogP contribution in [0.2, 0.25) is 0 Å². The fraction of sp³-hybridized carbons (Fsp3) is 0.364. The molecule has 0 spiro atoms. The van der Waals surface area contributed by atoms with Crippen LogP contribution in [0.4, 0.5) is 0 Å². The van der Waals surface area contributed by atoms with E-state index < -0.39 is 15.9 Å². The Morgan fingerprint density at radius 2 is 1.93 bits per heavy atom. The topological polar surface area (TPSA) is 71.7 Å². The standard InChI is InChI=1S/C22H25N3O3S2/c1-3-16-9-7-13-19-20(16)24(2)22(29-19)23-21(26)17-10-8-14-25(15-17)30(27,28)18-11-5-4-6-12-18/h4-7,9,11-13,17H,3,8,10,14-15H2,1-2H3. The van der Waals surface area contributed by atoms with Gasteiger partial charge in [-0.15, -0.1) is 0 Å². The van der Waals surface area contributed by atoms with Crippen molar-refractivity contribution in [3.05, 3.63) is 58.9 Å². The molecule has 0 saturated carbocycles. The van der Waals surface area contributed by atoms with E-state index in [1.54, 1.807) is 30.3 Å². The second-order valence-corrected chi connectivity index (χ2v) is 10.5. The summed E-state index contributed by atoms with van der Waals surface area (Å²) in [5, 5.41) is 0. The Bertz CT molecular complexity index is 1240. The number of carbonyl (C=O) groups excluding carboxylic acids is 1. The number of piperidine rings is 1. The van der Waals surface area contributed by atoms with Gasteiger partial charge in [-0.3, -0.25) is 4.79 Å². The van der Waals surface area contributed by atoms with Crippen molar-refractivity contribution in [1.82, 2.24) is 8.87 Å². The number of aryl methyl sites for hydroxylation is 2. The first-order valence-corrected chi connectivity index (χ1v) is 12.4. The molecule has 1 amide bonds. The lowest BCUT2D eigenvalue weighted by Crippen LogP contribution is -2.42. The number of benzene rings is 2. The monoisotopic (exact) mass is 443 g/mol. The molecule has 2 heterocycles. The van der Waals surface area contributed by atoms with E-state index in [9.17, 15) is 13.2 Å². The van der Waals surface area contributed by atoms with Crippen LogP contribution in [0.1, 0.15) is 25.3 Å². The number of hydrogen-bond donors (Lipinski definition) is 0.